The Bertz CT molecular complexity index is 735. The van der Waals surface area contributed by atoms with E-state index in [9.17, 15) is 4.79 Å². The standard InChI is InChI=1S/C18H23ClN4O2.ClH/c1-12(2)18-21-16(25-22-18)7-8-17(24)23-10-9-20-11-15(23)13-5-3-4-6-14(13)19;/h3-6,12,15,20H,7-11H2,1-2H3;1H. The van der Waals surface area contributed by atoms with Crippen molar-refractivity contribution in [1.29, 1.82) is 0 Å². The summed E-state index contributed by atoms with van der Waals surface area (Å²) in [6.07, 6.45) is 0.804. The fourth-order valence-electron chi connectivity index (χ4n) is 2.99. The van der Waals surface area contributed by atoms with E-state index in [1.165, 1.54) is 0 Å². The number of hydrogen-bond acceptors (Lipinski definition) is 5. The molecule has 6 nitrogen and oxygen atoms in total. The van der Waals surface area contributed by atoms with Crippen LogP contribution >= 0.6 is 24.0 Å². The van der Waals surface area contributed by atoms with Crippen molar-refractivity contribution in [2.75, 3.05) is 19.6 Å². The lowest BCUT2D eigenvalue weighted by Crippen LogP contribution is -2.48. The Balaban J connectivity index is 0.00000243. The fourth-order valence-corrected chi connectivity index (χ4v) is 3.25. The summed E-state index contributed by atoms with van der Waals surface area (Å²) < 4.78 is 5.23. The third kappa shape index (κ3) is 4.75. The lowest BCUT2D eigenvalue weighted by molar-refractivity contribution is -0.134. The number of nitrogens with zero attached hydrogens (tertiary/aromatic N) is 3. The molecule has 26 heavy (non-hydrogen) atoms. The minimum absolute atomic E-state index is 0. The molecular weight excluding hydrogens is 375 g/mol. The van der Waals surface area contributed by atoms with Gasteiger partial charge in [-0.1, -0.05) is 48.8 Å². The highest BCUT2D eigenvalue weighted by Gasteiger charge is 2.29. The summed E-state index contributed by atoms with van der Waals surface area (Å²) in [6.45, 7) is 6.16. The number of halogens is 2. The molecule has 1 aliphatic rings. The molecule has 8 heteroatoms. The van der Waals surface area contributed by atoms with E-state index in [0.29, 0.717) is 42.7 Å². The van der Waals surface area contributed by atoms with Crippen molar-refractivity contribution in [2.45, 2.75) is 38.6 Å². The van der Waals surface area contributed by atoms with Gasteiger partial charge in [-0.3, -0.25) is 4.79 Å². The van der Waals surface area contributed by atoms with Gasteiger partial charge in [-0.05, 0) is 11.6 Å². The maximum absolute atomic E-state index is 12.8. The summed E-state index contributed by atoms with van der Waals surface area (Å²) in [5, 5.41) is 7.97. The van der Waals surface area contributed by atoms with Crippen molar-refractivity contribution in [2.24, 2.45) is 0 Å². The third-order valence-corrected chi connectivity index (χ3v) is 4.73. The van der Waals surface area contributed by atoms with Gasteiger partial charge in [-0.15, -0.1) is 12.4 Å². The SMILES string of the molecule is CC(C)c1noc(CCC(=O)N2CCNCC2c2ccccc2Cl)n1.Cl. The molecule has 142 valence electrons. The molecule has 1 aromatic heterocycles. The number of hydrogen-bond donors (Lipinski definition) is 1. The molecule has 1 fully saturated rings. The molecule has 1 saturated heterocycles. The van der Waals surface area contributed by atoms with Crippen LogP contribution in [0.1, 0.15) is 49.5 Å². The van der Waals surface area contributed by atoms with Crippen LogP contribution < -0.4 is 5.32 Å². The molecule has 3 rings (SSSR count). The molecule has 1 N–H and O–H groups in total. The minimum atomic E-state index is -0.0520. The van der Waals surface area contributed by atoms with Crippen LogP contribution in [-0.4, -0.2) is 40.6 Å². The van der Waals surface area contributed by atoms with Crippen LogP contribution in [0.25, 0.3) is 0 Å². The normalized spacial score (nSPS) is 17.2. The number of piperazine rings is 1. The van der Waals surface area contributed by atoms with Crippen LogP contribution in [0.15, 0.2) is 28.8 Å². The number of carbonyl (C=O) groups excluding carboxylic acids is 1. The minimum Gasteiger partial charge on any atom is -0.339 e. The van der Waals surface area contributed by atoms with Gasteiger partial charge >= 0.3 is 0 Å². The topological polar surface area (TPSA) is 71.3 Å². The van der Waals surface area contributed by atoms with Crippen molar-refractivity contribution in [3.8, 4) is 0 Å². The summed E-state index contributed by atoms with van der Waals surface area (Å²) in [6, 6.07) is 7.64. The third-order valence-electron chi connectivity index (χ3n) is 4.38. The van der Waals surface area contributed by atoms with E-state index in [2.05, 4.69) is 15.5 Å². The highest BCUT2D eigenvalue weighted by atomic mass is 35.5. The molecule has 2 heterocycles. The molecule has 1 unspecified atom stereocenters. The van der Waals surface area contributed by atoms with Gasteiger partial charge in [0.05, 0.1) is 6.04 Å². The number of amides is 1. The first-order chi connectivity index (χ1) is 12.1. The molecule has 0 saturated carbocycles. The van der Waals surface area contributed by atoms with E-state index in [4.69, 9.17) is 16.1 Å². The zero-order valence-corrected chi connectivity index (χ0v) is 16.5. The second-order valence-corrected chi connectivity index (χ2v) is 6.94. The Labute approximate surface area is 164 Å². The van der Waals surface area contributed by atoms with Crippen LogP contribution in [0.3, 0.4) is 0 Å². The number of rotatable bonds is 5. The molecule has 0 radical (unpaired) electrons. The van der Waals surface area contributed by atoms with Gasteiger partial charge in [-0.2, -0.15) is 4.98 Å². The first-order valence-electron chi connectivity index (χ1n) is 8.63. The van der Waals surface area contributed by atoms with Gasteiger partial charge in [0, 0.05) is 43.4 Å². The molecule has 2 aromatic rings. The van der Waals surface area contributed by atoms with Crippen LogP contribution in [0.4, 0.5) is 0 Å². The fraction of sp³-hybridized carbons (Fsp3) is 0.500. The molecular formula is C18H24Cl2N4O2. The average molecular weight is 399 g/mol. The number of aromatic nitrogens is 2. The van der Waals surface area contributed by atoms with Gasteiger partial charge in [0.2, 0.25) is 11.8 Å². The summed E-state index contributed by atoms with van der Waals surface area (Å²) in [5.74, 6) is 1.49. The van der Waals surface area contributed by atoms with Crippen LogP contribution in [0, 0.1) is 0 Å². The first kappa shape index (κ1) is 20.7. The van der Waals surface area contributed by atoms with Gasteiger partial charge < -0.3 is 14.7 Å². The van der Waals surface area contributed by atoms with Gasteiger partial charge in [-0.25, -0.2) is 0 Å². The molecule has 1 aromatic carbocycles. The zero-order valence-electron chi connectivity index (χ0n) is 14.9. The van der Waals surface area contributed by atoms with Gasteiger partial charge in [0.25, 0.3) is 0 Å². The Hall–Kier alpha value is -1.63. The van der Waals surface area contributed by atoms with E-state index in [1.807, 2.05) is 43.0 Å². The summed E-state index contributed by atoms with van der Waals surface area (Å²) >= 11 is 6.33. The highest BCUT2D eigenvalue weighted by Crippen LogP contribution is 2.29. The first-order valence-corrected chi connectivity index (χ1v) is 9.01. The monoisotopic (exact) mass is 398 g/mol. The maximum atomic E-state index is 12.8. The lowest BCUT2D eigenvalue weighted by Gasteiger charge is -2.37. The summed E-state index contributed by atoms with van der Waals surface area (Å²) in [7, 11) is 0. The summed E-state index contributed by atoms with van der Waals surface area (Å²) in [4.78, 5) is 19.0. The van der Waals surface area contributed by atoms with Crippen LogP contribution in [0.2, 0.25) is 5.02 Å². The molecule has 0 aliphatic carbocycles. The lowest BCUT2D eigenvalue weighted by atomic mass is 10.0. The van der Waals surface area contributed by atoms with E-state index < -0.39 is 0 Å². The largest absolute Gasteiger partial charge is 0.339 e. The van der Waals surface area contributed by atoms with Crippen molar-refractivity contribution < 1.29 is 9.32 Å². The number of aryl methyl sites for hydroxylation is 1. The van der Waals surface area contributed by atoms with Gasteiger partial charge in [0.15, 0.2) is 5.82 Å². The van der Waals surface area contributed by atoms with Crippen LogP contribution in [-0.2, 0) is 11.2 Å². The van der Waals surface area contributed by atoms with E-state index in [-0.39, 0.29) is 30.3 Å². The molecule has 1 amide bonds. The number of nitrogens with one attached hydrogen (secondary N) is 1. The molecule has 1 aliphatic heterocycles. The van der Waals surface area contributed by atoms with Crippen molar-refractivity contribution in [3.63, 3.8) is 0 Å². The van der Waals surface area contributed by atoms with E-state index >= 15 is 0 Å². The highest BCUT2D eigenvalue weighted by molar-refractivity contribution is 6.31. The van der Waals surface area contributed by atoms with Crippen LogP contribution in [0.5, 0.6) is 0 Å². The van der Waals surface area contributed by atoms with E-state index in [0.717, 1.165) is 12.1 Å². The maximum Gasteiger partial charge on any atom is 0.227 e. The van der Waals surface area contributed by atoms with Gasteiger partial charge in [0.1, 0.15) is 0 Å². The molecule has 1 atom stereocenters. The Morgan fingerprint density at radius 1 is 1.42 bits per heavy atom. The van der Waals surface area contributed by atoms with Crippen molar-refractivity contribution in [3.05, 3.63) is 46.6 Å². The Morgan fingerprint density at radius 2 is 2.19 bits per heavy atom. The second kappa shape index (κ2) is 9.35. The zero-order chi connectivity index (χ0) is 17.8. The quantitative estimate of drug-likeness (QED) is 0.835. The predicted molar refractivity (Wildman–Crippen MR) is 103 cm³/mol. The smallest absolute Gasteiger partial charge is 0.227 e. The average Bonchev–Trinajstić information content (AvgIpc) is 3.09. The van der Waals surface area contributed by atoms with E-state index in [1.54, 1.807) is 0 Å². The Morgan fingerprint density at radius 3 is 2.88 bits per heavy atom. The number of carbonyl (C=O) groups is 1. The molecule has 0 bridgehead atoms. The molecule has 0 spiro atoms. The van der Waals surface area contributed by atoms with Crippen molar-refractivity contribution >= 4 is 29.9 Å². The second-order valence-electron chi connectivity index (χ2n) is 6.53. The summed E-state index contributed by atoms with van der Waals surface area (Å²) in [5.41, 5.74) is 0.976. The predicted octanol–water partition coefficient (Wildman–Crippen LogP) is 3.37. The number of benzene rings is 1. The van der Waals surface area contributed by atoms with Crippen molar-refractivity contribution in [1.82, 2.24) is 20.4 Å². The Kier molecular flexibility index (Phi) is 7.43.